The molecular weight excluding hydrogens is 176 g/mol. The largest absolute Gasteiger partial charge is 0.255 e. The first-order chi connectivity index (χ1) is 6.74. The first kappa shape index (κ1) is 8.99. The zero-order valence-electron chi connectivity index (χ0n) is 8.65. The molecular formula is C10H13N4. The molecule has 0 aliphatic heterocycles. The molecule has 0 aliphatic rings. The third kappa shape index (κ3) is 1.23. The summed E-state index contributed by atoms with van der Waals surface area (Å²) in [6.45, 7) is 6.17. The van der Waals surface area contributed by atoms with Crippen LogP contribution >= 0.6 is 0 Å². The number of aromatic nitrogens is 4. The van der Waals surface area contributed by atoms with E-state index in [2.05, 4.69) is 54.1 Å². The molecule has 0 saturated carbocycles. The van der Waals surface area contributed by atoms with Crippen molar-refractivity contribution in [3.8, 4) is 0 Å². The zero-order valence-corrected chi connectivity index (χ0v) is 8.65. The minimum Gasteiger partial charge on any atom is -0.255 e. The van der Waals surface area contributed by atoms with Crippen LogP contribution in [0, 0.1) is 20.2 Å². The standard InChI is InChI=1S/C10H13N4/c1-4-10-12-11-7-13(10)14-8(2)5-6-9(14)3/h5-6H,4H2,1-3H3. The predicted molar refractivity (Wildman–Crippen MR) is 52.9 cm³/mol. The van der Waals surface area contributed by atoms with Crippen LogP contribution in [0.4, 0.5) is 0 Å². The minimum atomic E-state index is 0.855. The maximum absolute atomic E-state index is 4.01. The number of rotatable bonds is 2. The Labute approximate surface area is 83.2 Å². The Morgan fingerprint density at radius 1 is 1.29 bits per heavy atom. The first-order valence-electron chi connectivity index (χ1n) is 4.71. The van der Waals surface area contributed by atoms with Gasteiger partial charge in [0, 0.05) is 17.8 Å². The van der Waals surface area contributed by atoms with E-state index >= 15 is 0 Å². The number of hydrogen-bond acceptors (Lipinski definition) is 2. The van der Waals surface area contributed by atoms with E-state index in [-0.39, 0.29) is 0 Å². The molecule has 2 aromatic heterocycles. The van der Waals surface area contributed by atoms with Crippen molar-refractivity contribution in [3.05, 3.63) is 35.7 Å². The lowest BCUT2D eigenvalue weighted by Gasteiger charge is -2.10. The highest BCUT2D eigenvalue weighted by atomic mass is 15.5. The van der Waals surface area contributed by atoms with Crippen molar-refractivity contribution < 1.29 is 0 Å². The molecule has 14 heavy (non-hydrogen) atoms. The SMILES string of the molecule is CCc1nn[c]n1-n1c(C)ccc1C. The Hall–Kier alpha value is -1.58. The molecule has 2 heterocycles. The van der Waals surface area contributed by atoms with Crippen molar-refractivity contribution in [2.75, 3.05) is 0 Å². The average Bonchev–Trinajstić information content (AvgIpc) is 2.73. The molecule has 4 heteroatoms. The van der Waals surface area contributed by atoms with E-state index in [1.54, 1.807) is 0 Å². The van der Waals surface area contributed by atoms with Gasteiger partial charge < -0.3 is 0 Å². The van der Waals surface area contributed by atoms with Crippen LogP contribution in [-0.4, -0.2) is 19.5 Å². The van der Waals surface area contributed by atoms with Crippen molar-refractivity contribution in [2.45, 2.75) is 27.2 Å². The smallest absolute Gasteiger partial charge is 0.223 e. The zero-order chi connectivity index (χ0) is 10.1. The van der Waals surface area contributed by atoms with Crippen LogP contribution in [0.25, 0.3) is 0 Å². The fourth-order valence-electron chi connectivity index (χ4n) is 1.58. The van der Waals surface area contributed by atoms with E-state index in [0.717, 1.165) is 23.6 Å². The van der Waals surface area contributed by atoms with Gasteiger partial charge in [0.2, 0.25) is 6.33 Å². The van der Waals surface area contributed by atoms with Crippen LogP contribution in [0.2, 0.25) is 0 Å². The van der Waals surface area contributed by atoms with Gasteiger partial charge in [-0.25, -0.2) is 4.68 Å². The van der Waals surface area contributed by atoms with Crippen molar-refractivity contribution in [1.29, 1.82) is 0 Å². The van der Waals surface area contributed by atoms with E-state index in [9.17, 15) is 0 Å². The topological polar surface area (TPSA) is 35.6 Å². The molecule has 0 bridgehead atoms. The molecule has 0 aromatic carbocycles. The monoisotopic (exact) mass is 189 g/mol. The Balaban J connectivity index is 2.59. The summed E-state index contributed by atoms with van der Waals surface area (Å²) in [7, 11) is 0. The molecule has 0 amide bonds. The summed E-state index contributed by atoms with van der Waals surface area (Å²) >= 11 is 0. The van der Waals surface area contributed by atoms with Gasteiger partial charge in [-0.05, 0) is 26.0 Å². The van der Waals surface area contributed by atoms with Crippen molar-refractivity contribution in [1.82, 2.24) is 19.5 Å². The molecule has 0 aliphatic carbocycles. The molecule has 0 unspecified atom stereocenters. The summed E-state index contributed by atoms with van der Waals surface area (Å²) in [5, 5.41) is 7.81. The Kier molecular flexibility index (Phi) is 2.11. The normalized spacial score (nSPS) is 10.8. The van der Waals surface area contributed by atoms with Crippen LogP contribution in [0.15, 0.2) is 12.1 Å². The summed E-state index contributed by atoms with van der Waals surface area (Å²) in [6.07, 6.45) is 3.71. The van der Waals surface area contributed by atoms with E-state index in [4.69, 9.17) is 0 Å². The van der Waals surface area contributed by atoms with Crippen molar-refractivity contribution in [3.63, 3.8) is 0 Å². The van der Waals surface area contributed by atoms with Gasteiger partial charge in [-0.2, -0.15) is 0 Å². The third-order valence-electron chi connectivity index (χ3n) is 2.30. The molecule has 2 aromatic rings. The molecule has 0 atom stereocenters. The van der Waals surface area contributed by atoms with Crippen LogP contribution < -0.4 is 0 Å². The number of aryl methyl sites for hydroxylation is 3. The summed E-state index contributed by atoms with van der Waals surface area (Å²) in [5.41, 5.74) is 2.32. The Morgan fingerprint density at radius 2 is 1.93 bits per heavy atom. The lowest BCUT2D eigenvalue weighted by Crippen LogP contribution is -2.14. The highest BCUT2D eigenvalue weighted by Crippen LogP contribution is 2.09. The van der Waals surface area contributed by atoms with Crippen LogP contribution in [0.3, 0.4) is 0 Å². The van der Waals surface area contributed by atoms with Gasteiger partial charge in [-0.1, -0.05) is 6.92 Å². The van der Waals surface area contributed by atoms with Gasteiger partial charge in [0.05, 0.1) is 0 Å². The van der Waals surface area contributed by atoms with E-state index in [0.29, 0.717) is 0 Å². The highest BCUT2D eigenvalue weighted by Gasteiger charge is 2.07. The molecule has 4 nitrogen and oxygen atoms in total. The fraction of sp³-hybridized carbons (Fsp3) is 0.400. The fourth-order valence-corrected chi connectivity index (χ4v) is 1.58. The molecule has 0 saturated heterocycles. The van der Waals surface area contributed by atoms with Gasteiger partial charge in [0.15, 0.2) is 5.82 Å². The summed E-state index contributed by atoms with van der Waals surface area (Å²) in [5.74, 6) is 0.924. The van der Waals surface area contributed by atoms with E-state index in [1.165, 1.54) is 0 Å². The molecule has 1 radical (unpaired) electrons. The number of nitrogens with zero attached hydrogens (tertiary/aromatic N) is 4. The van der Waals surface area contributed by atoms with Crippen LogP contribution in [0.5, 0.6) is 0 Å². The van der Waals surface area contributed by atoms with Crippen molar-refractivity contribution in [2.24, 2.45) is 0 Å². The summed E-state index contributed by atoms with van der Waals surface area (Å²) < 4.78 is 3.92. The lowest BCUT2D eigenvalue weighted by atomic mass is 10.5. The Bertz CT molecular complexity index is 419. The van der Waals surface area contributed by atoms with Gasteiger partial charge >= 0.3 is 0 Å². The molecule has 0 fully saturated rings. The number of hydrogen-bond donors (Lipinski definition) is 0. The van der Waals surface area contributed by atoms with Gasteiger partial charge in [0.25, 0.3) is 0 Å². The van der Waals surface area contributed by atoms with E-state index in [1.807, 2.05) is 4.68 Å². The lowest BCUT2D eigenvalue weighted by molar-refractivity contribution is 0.587. The molecule has 73 valence electrons. The molecule has 0 N–H and O–H groups in total. The maximum Gasteiger partial charge on any atom is 0.223 e. The predicted octanol–water partition coefficient (Wildman–Crippen LogP) is 1.37. The molecule has 0 spiro atoms. The molecule has 2 rings (SSSR count). The quantitative estimate of drug-likeness (QED) is 0.715. The Morgan fingerprint density at radius 3 is 2.50 bits per heavy atom. The second-order valence-electron chi connectivity index (χ2n) is 3.31. The highest BCUT2D eigenvalue weighted by molar-refractivity contribution is 5.14. The second kappa shape index (κ2) is 3.29. The average molecular weight is 189 g/mol. The maximum atomic E-state index is 4.01. The van der Waals surface area contributed by atoms with Gasteiger partial charge in [0.1, 0.15) is 0 Å². The second-order valence-corrected chi connectivity index (χ2v) is 3.31. The van der Waals surface area contributed by atoms with Crippen LogP contribution in [0.1, 0.15) is 24.1 Å². The summed E-state index contributed by atoms with van der Waals surface area (Å²) in [6, 6.07) is 4.14. The first-order valence-corrected chi connectivity index (χ1v) is 4.71. The van der Waals surface area contributed by atoms with Gasteiger partial charge in [-0.15, -0.1) is 10.2 Å². The third-order valence-corrected chi connectivity index (χ3v) is 2.30. The summed E-state index contributed by atoms with van der Waals surface area (Å²) in [4.78, 5) is 0. The van der Waals surface area contributed by atoms with Gasteiger partial charge in [-0.3, -0.25) is 4.68 Å². The van der Waals surface area contributed by atoms with E-state index < -0.39 is 0 Å². The van der Waals surface area contributed by atoms with Crippen molar-refractivity contribution >= 4 is 0 Å². The van der Waals surface area contributed by atoms with Crippen LogP contribution in [-0.2, 0) is 6.42 Å². The minimum absolute atomic E-state index is 0.855.